The minimum Gasteiger partial charge on any atom is -0.299 e. The Morgan fingerprint density at radius 2 is 1.68 bits per heavy atom. The topological polar surface area (TPSA) is 17.1 Å². The number of hydrogen-bond acceptors (Lipinski definition) is 1. The van der Waals surface area contributed by atoms with Crippen molar-refractivity contribution in [2.24, 2.45) is 39.4 Å². The molecule has 0 saturated heterocycles. The molecule has 0 aromatic rings. The molecule has 6 atom stereocenters. The maximum atomic E-state index is 12.8. The molecule has 4 aliphatic carbocycles. The van der Waals surface area contributed by atoms with Crippen LogP contribution >= 0.6 is 0 Å². The first-order chi connectivity index (χ1) is 14.4. The Morgan fingerprint density at radius 3 is 2.35 bits per heavy atom. The van der Waals surface area contributed by atoms with Crippen molar-refractivity contribution >= 4 is 5.78 Å². The summed E-state index contributed by atoms with van der Waals surface area (Å²) in [6.07, 6.45) is 14.8. The predicted molar refractivity (Wildman–Crippen MR) is 132 cm³/mol. The van der Waals surface area contributed by atoms with Gasteiger partial charge in [-0.15, -0.1) is 0 Å². The van der Waals surface area contributed by atoms with Crippen molar-refractivity contribution in [2.45, 2.75) is 120 Å². The normalized spacial score (nSPS) is 42.5. The minimum absolute atomic E-state index is 0.148. The number of carbonyl (C=O) groups excluding carboxylic acids is 1. The first-order valence-electron chi connectivity index (χ1n) is 13.3. The third-order valence-corrected chi connectivity index (χ3v) is 11.4. The van der Waals surface area contributed by atoms with Gasteiger partial charge < -0.3 is 0 Å². The molecule has 0 spiro atoms. The summed E-state index contributed by atoms with van der Waals surface area (Å²) in [5.41, 5.74) is 6.04. The molecule has 2 fully saturated rings. The maximum absolute atomic E-state index is 12.8. The highest BCUT2D eigenvalue weighted by atomic mass is 16.1. The summed E-state index contributed by atoms with van der Waals surface area (Å²) in [6, 6.07) is 0. The van der Waals surface area contributed by atoms with Gasteiger partial charge in [0, 0.05) is 11.8 Å². The van der Waals surface area contributed by atoms with Gasteiger partial charge in [0.1, 0.15) is 5.78 Å². The lowest BCUT2D eigenvalue weighted by Gasteiger charge is -2.61. The van der Waals surface area contributed by atoms with Gasteiger partial charge in [-0.1, -0.05) is 64.3 Å². The van der Waals surface area contributed by atoms with Crippen LogP contribution in [-0.4, -0.2) is 5.78 Å². The molecule has 1 nitrogen and oxygen atoms in total. The first kappa shape index (κ1) is 23.3. The summed E-state index contributed by atoms with van der Waals surface area (Å²) >= 11 is 0. The zero-order valence-electron chi connectivity index (χ0n) is 21.8. The van der Waals surface area contributed by atoms with Gasteiger partial charge in [0.05, 0.1) is 0 Å². The van der Waals surface area contributed by atoms with Crippen molar-refractivity contribution in [3.05, 3.63) is 22.8 Å². The average Bonchev–Trinajstić information content (AvgIpc) is 2.96. The lowest BCUT2D eigenvalue weighted by Crippen LogP contribution is -2.53. The van der Waals surface area contributed by atoms with Gasteiger partial charge in [-0.25, -0.2) is 0 Å². The molecular weight excluding hydrogens is 376 g/mol. The van der Waals surface area contributed by atoms with E-state index in [1.165, 1.54) is 56.9 Å². The van der Waals surface area contributed by atoms with E-state index in [0.717, 1.165) is 24.7 Å². The van der Waals surface area contributed by atoms with Crippen LogP contribution in [0.25, 0.3) is 0 Å². The molecule has 0 aromatic carbocycles. The summed E-state index contributed by atoms with van der Waals surface area (Å²) < 4.78 is 0. The summed E-state index contributed by atoms with van der Waals surface area (Å²) in [4.78, 5) is 12.8. The minimum atomic E-state index is -0.148. The highest BCUT2D eigenvalue weighted by Crippen LogP contribution is 2.72. The van der Waals surface area contributed by atoms with E-state index in [0.29, 0.717) is 22.5 Å². The Bertz CT molecular complexity index is 808. The highest BCUT2D eigenvalue weighted by molar-refractivity contribution is 5.85. The molecule has 174 valence electrons. The number of fused-ring (bicyclic) bond motifs is 4. The van der Waals surface area contributed by atoms with Gasteiger partial charge >= 0.3 is 0 Å². The van der Waals surface area contributed by atoms with Crippen molar-refractivity contribution in [1.29, 1.82) is 0 Å². The van der Waals surface area contributed by atoms with Gasteiger partial charge in [-0.2, -0.15) is 0 Å². The summed E-state index contributed by atoms with van der Waals surface area (Å²) in [7, 11) is 0. The molecule has 0 aromatic heterocycles. The fourth-order valence-corrected chi connectivity index (χ4v) is 9.28. The molecule has 4 rings (SSSR count). The smallest absolute Gasteiger partial charge is 0.138 e. The fraction of sp³-hybridized carbons (Fsp3) is 0.833. The van der Waals surface area contributed by atoms with Crippen molar-refractivity contribution in [2.75, 3.05) is 0 Å². The zero-order valence-corrected chi connectivity index (χ0v) is 21.8. The molecule has 1 heteroatoms. The number of carbonyl (C=O) groups is 1. The van der Waals surface area contributed by atoms with Crippen LogP contribution in [0.1, 0.15) is 120 Å². The molecule has 31 heavy (non-hydrogen) atoms. The van der Waals surface area contributed by atoms with Crippen molar-refractivity contribution in [3.8, 4) is 0 Å². The maximum Gasteiger partial charge on any atom is 0.138 e. The van der Waals surface area contributed by atoms with Crippen molar-refractivity contribution in [3.63, 3.8) is 0 Å². The molecule has 0 unspecified atom stereocenters. The molecule has 0 amide bonds. The van der Waals surface area contributed by atoms with E-state index in [-0.39, 0.29) is 10.8 Å². The zero-order chi connectivity index (χ0) is 22.8. The first-order valence-corrected chi connectivity index (χ1v) is 13.3. The van der Waals surface area contributed by atoms with Crippen molar-refractivity contribution in [1.82, 2.24) is 0 Å². The van der Waals surface area contributed by atoms with Gasteiger partial charge in [0.25, 0.3) is 0 Å². The molecule has 0 heterocycles. The summed E-state index contributed by atoms with van der Waals surface area (Å²) in [5.74, 6) is 2.71. The van der Waals surface area contributed by atoms with Gasteiger partial charge in [-0.3, -0.25) is 4.79 Å². The average molecular weight is 425 g/mol. The SMILES string of the molecule is CC(C)=CCC[C@H](C)[C@@H]1CC[C@]2(C)C3=C(CC[C@@]12C)[C@@]1(C)CCC(=O)C(C)(C)[C@@H]1CC3. The quantitative estimate of drug-likeness (QED) is 0.412. The van der Waals surface area contributed by atoms with Gasteiger partial charge in [-0.05, 0) is 106 Å². The third-order valence-electron chi connectivity index (χ3n) is 11.4. The van der Waals surface area contributed by atoms with E-state index in [1.54, 1.807) is 0 Å². The van der Waals surface area contributed by atoms with Crippen LogP contribution in [0.3, 0.4) is 0 Å². The summed E-state index contributed by atoms with van der Waals surface area (Å²) in [6.45, 7) is 19.3. The van der Waals surface area contributed by atoms with E-state index in [2.05, 4.69) is 61.5 Å². The van der Waals surface area contributed by atoms with E-state index in [9.17, 15) is 4.79 Å². The third kappa shape index (κ3) is 3.26. The van der Waals surface area contributed by atoms with Gasteiger partial charge in [0.2, 0.25) is 0 Å². The number of ketones is 1. The van der Waals surface area contributed by atoms with E-state index >= 15 is 0 Å². The molecular formula is C30H48O. The molecule has 4 aliphatic rings. The lowest BCUT2D eigenvalue weighted by molar-refractivity contribution is -0.139. The largest absolute Gasteiger partial charge is 0.299 e. The van der Waals surface area contributed by atoms with E-state index in [4.69, 9.17) is 0 Å². The Kier molecular flexibility index (Phi) is 5.71. The molecule has 0 radical (unpaired) electrons. The van der Waals surface area contributed by atoms with Gasteiger partial charge in [0.15, 0.2) is 0 Å². The van der Waals surface area contributed by atoms with E-state index in [1.807, 2.05) is 11.1 Å². The van der Waals surface area contributed by atoms with Crippen LogP contribution in [0.15, 0.2) is 22.8 Å². The highest BCUT2D eigenvalue weighted by Gasteiger charge is 2.63. The monoisotopic (exact) mass is 424 g/mol. The Balaban J connectivity index is 1.66. The van der Waals surface area contributed by atoms with E-state index < -0.39 is 0 Å². The van der Waals surface area contributed by atoms with Crippen LogP contribution in [-0.2, 0) is 4.79 Å². The molecule has 0 aliphatic heterocycles. The Hall–Kier alpha value is -0.850. The second kappa shape index (κ2) is 7.59. The standard InChI is InChI=1S/C30H48O/c1-20(2)10-9-11-21(3)22-14-18-30(8)24-12-13-25-27(4,5)26(31)16-17-28(25,6)23(24)15-19-29(22,30)7/h10,21-22,25H,9,11-19H2,1-8H3/t21-,22-,25-,28+,29-,30+/m0/s1. The van der Waals surface area contributed by atoms with Crippen LogP contribution < -0.4 is 0 Å². The number of hydrogen-bond donors (Lipinski definition) is 0. The number of allylic oxidation sites excluding steroid dienone is 4. The van der Waals surface area contributed by atoms with Crippen molar-refractivity contribution < 1.29 is 4.79 Å². The lowest BCUT2D eigenvalue weighted by atomic mass is 9.43. The molecule has 0 bridgehead atoms. The van der Waals surface area contributed by atoms with Crippen LogP contribution in [0, 0.1) is 39.4 Å². The van der Waals surface area contributed by atoms with Crippen LogP contribution in [0.5, 0.6) is 0 Å². The molecule has 0 N–H and O–H groups in total. The second-order valence-electron chi connectivity index (χ2n) is 13.3. The van der Waals surface area contributed by atoms with Crippen LogP contribution in [0.2, 0.25) is 0 Å². The Morgan fingerprint density at radius 1 is 0.968 bits per heavy atom. The summed E-state index contributed by atoms with van der Waals surface area (Å²) in [5, 5.41) is 0. The van der Waals surface area contributed by atoms with Crippen LogP contribution in [0.4, 0.5) is 0 Å². The molecule has 2 saturated carbocycles. The Labute approximate surface area is 192 Å². The number of Topliss-reactive ketones (excluding diaryl/α,β-unsaturated/α-hetero) is 1. The fourth-order valence-electron chi connectivity index (χ4n) is 9.28. The predicted octanol–water partition coefficient (Wildman–Crippen LogP) is 8.69. The number of rotatable bonds is 4. The second-order valence-corrected chi connectivity index (χ2v) is 13.3.